The fraction of sp³-hybridized carbons (Fsp3) is 0.538. The topological polar surface area (TPSA) is 67.2 Å². The Hall–Kier alpha value is -1.62. The van der Waals surface area contributed by atoms with Crippen LogP contribution in [0, 0.1) is 16.0 Å². The first-order valence-electron chi connectivity index (χ1n) is 6.38. The molecule has 2 atom stereocenters. The summed E-state index contributed by atoms with van der Waals surface area (Å²) in [7, 11) is 0. The average Bonchev–Trinajstić information content (AvgIpc) is 2.40. The van der Waals surface area contributed by atoms with E-state index in [1.54, 1.807) is 12.1 Å². The molecule has 1 aromatic carbocycles. The molecule has 2 unspecified atom stereocenters. The van der Waals surface area contributed by atoms with Crippen molar-refractivity contribution in [2.75, 3.05) is 18.4 Å². The van der Waals surface area contributed by atoms with Crippen molar-refractivity contribution in [3.63, 3.8) is 0 Å². The largest absolute Gasteiger partial charge is 0.382 e. The number of nitro benzene ring substituents is 1. The number of non-ortho nitro benzene ring substituents is 1. The zero-order valence-corrected chi connectivity index (χ0v) is 10.6. The minimum atomic E-state index is -0.377. The third kappa shape index (κ3) is 3.20. The molecular weight excluding hydrogens is 230 g/mol. The standard InChI is InChI=1S/C13H19N3O2/c1-10(11-3-2-8-14-9-11)15-12-4-6-13(7-5-12)16(17)18/h4-7,10-11,14-15H,2-3,8-9H2,1H3. The summed E-state index contributed by atoms with van der Waals surface area (Å²) >= 11 is 0. The van der Waals surface area contributed by atoms with Crippen LogP contribution in [0.4, 0.5) is 11.4 Å². The monoisotopic (exact) mass is 249 g/mol. The number of nitrogens with one attached hydrogen (secondary N) is 2. The van der Waals surface area contributed by atoms with Gasteiger partial charge in [-0.3, -0.25) is 10.1 Å². The molecule has 1 heterocycles. The molecule has 2 N–H and O–H groups in total. The zero-order chi connectivity index (χ0) is 13.0. The van der Waals surface area contributed by atoms with Gasteiger partial charge in [0.15, 0.2) is 0 Å². The molecule has 1 saturated heterocycles. The number of nitro groups is 1. The summed E-state index contributed by atoms with van der Waals surface area (Å²) in [4.78, 5) is 10.2. The van der Waals surface area contributed by atoms with Crippen LogP contribution in [0.5, 0.6) is 0 Å². The maximum absolute atomic E-state index is 10.6. The fourth-order valence-electron chi connectivity index (χ4n) is 2.37. The van der Waals surface area contributed by atoms with E-state index in [-0.39, 0.29) is 10.6 Å². The third-order valence-corrected chi connectivity index (χ3v) is 3.51. The molecule has 0 spiro atoms. The van der Waals surface area contributed by atoms with Crippen LogP contribution in [-0.4, -0.2) is 24.1 Å². The first-order valence-corrected chi connectivity index (χ1v) is 6.38. The lowest BCUT2D eigenvalue weighted by molar-refractivity contribution is -0.384. The highest BCUT2D eigenvalue weighted by molar-refractivity contribution is 5.49. The predicted octanol–water partition coefficient (Wildman–Crippen LogP) is 2.39. The zero-order valence-electron chi connectivity index (χ0n) is 10.6. The number of benzene rings is 1. The van der Waals surface area contributed by atoms with Gasteiger partial charge in [-0.25, -0.2) is 0 Å². The molecule has 1 aromatic rings. The summed E-state index contributed by atoms with van der Waals surface area (Å²) < 4.78 is 0. The molecule has 2 rings (SSSR count). The number of hydrogen-bond acceptors (Lipinski definition) is 4. The Morgan fingerprint density at radius 3 is 2.72 bits per heavy atom. The van der Waals surface area contributed by atoms with Crippen LogP contribution in [0.1, 0.15) is 19.8 Å². The molecular formula is C13H19N3O2. The van der Waals surface area contributed by atoms with E-state index in [0.717, 1.165) is 18.8 Å². The Bertz CT molecular complexity index is 399. The Kier molecular flexibility index (Phi) is 4.15. The average molecular weight is 249 g/mol. The minimum absolute atomic E-state index is 0.132. The molecule has 0 bridgehead atoms. The summed E-state index contributed by atoms with van der Waals surface area (Å²) in [6.45, 7) is 4.32. The molecule has 5 heteroatoms. The van der Waals surface area contributed by atoms with Gasteiger partial charge in [0.2, 0.25) is 0 Å². The number of piperidine rings is 1. The third-order valence-electron chi connectivity index (χ3n) is 3.51. The van der Waals surface area contributed by atoms with Crippen molar-refractivity contribution in [1.82, 2.24) is 5.32 Å². The van der Waals surface area contributed by atoms with Crippen LogP contribution in [-0.2, 0) is 0 Å². The Morgan fingerprint density at radius 1 is 1.44 bits per heavy atom. The van der Waals surface area contributed by atoms with E-state index < -0.39 is 0 Å². The number of anilines is 1. The summed E-state index contributed by atoms with van der Waals surface area (Å²) in [5.74, 6) is 0.619. The molecule has 18 heavy (non-hydrogen) atoms. The van der Waals surface area contributed by atoms with Crippen molar-refractivity contribution in [3.8, 4) is 0 Å². The SMILES string of the molecule is CC(Nc1ccc([N+](=O)[O-])cc1)C1CCCNC1. The van der Waals surface area contributed by atoms with Crippen molar-refractivity contribution in [2.24, 2.45) is 5.92 Å². The summed E-state index contributed by atoms with van der Waals surface area (Å²) in [5.41, 5.74) is 1.08. The molecule has 1 fully saturated rings. The molecule has 0 amide bonds. The smallest absolute Gasteiger partial charge is 0.269 e. The van der Waals surface area contributed by atoms with E-state index in [9.17, 15) is 10.1 Å². The van der Waals surface area contributed by atoms with E-state index in [0.29, 0.717) is 12.0 Å². The lowest BCUT2D eigenvalue weighted by Gasteiger charge is -2.29. The maximum atomic E-state index is 10.6. The summed E-state index contributed by atoms with van der Waals surface area (Å²) in [5, 5.41) is 17.4. The molecule has 0 aliphatic carbocycles. The van der Waals surface area contributed by atoms with Crippen LogP contribution in [0.2, 0.25) is 0 Å². The second-order valence-corrected chi connectivity index (χ2v) is 4.84. The number of rotatable bonds is 4. The second kappa shape index (κ2) is 5.82. The van der Waals surface area contributed by atoms with E-state index in [2.05, 4.69) is 17.6 Å². The van der Waals surface area contributed by atoms with Crippen LogP contribution in [0.3, 0.4) is 0 Å². The Morgan fingerprint density at radius 2 is 2.17 bits per heavy atom. The predicted molar refractivity (Wildman–Crippen MR) is 71.8 cm³/mol. The summed E-state index contributed by atoms with van der Waals surface area (Å²) in [6.07, 6.45) is 2.45. The van der Waals surface area contributed by atoms with Gasteiger partial charge in [-0.2, -0.15) is 0 Å². The van der Waals surface area contributed by atoms with Crippen molar-refractivity contribution in [2.45, 2.75) is 25.8 Å². The van der Waals surface area contributed by atoms with E-state index >= 15 is 0 Å². The van der Waals surface area contributed by atoms with E-state index in [4.69, 9.17) is 0 Å². The van der Waals surface area contributed by atoms with Gasteiger partial charge in [0, 0.05) is 23.9 Å². The Balaban J connectivity index is 1.93. The van der Waals surface area contributed by atoms with Crippen molar-refractivity contribution in [3.05, 3.63) is 34.4 Å². The van der Waals surface area contributed by atoms with E-state index in [1.165, 1.54) is 25.0 Å². The van der Waals surface area contributed by atoms with Gasteiger partial charge in [0.05, 0.1) is 4.92 Å². The normalized spacial score (nSPS) is 21.3. The highest BCUT2D eigenvalue weighted by Gasteiger charge is 2.19. The first-order chi connectivity index (χ1) is 8.66. The van der Waals surface area contributed by atoms with Crippen LogP contribution >= 0.6 is 0 Å². The minimum Gasteiger partial charge on any atom is -0.382 e. The molecule has 1 aliphatic rings. The van der Waals surface area contributed by atoms with Gasteiger partial charge < -0.3 is 10.6 Å². The molecule has 1 aliphatic heterocycles. The maximum Gasteiger partial charge on any atom is 0.269 e. The van der Waals surface area contributed by atoms with Gasteiger partial charge in [0.1, 0.15) is 0 Å². The second-order valence-electron chi connectivity index (χ2n) is 4.84. The van der Waals surface area contributed by atoms with Crippen molar-refractivity contribution >= 4 is 11.4 Å². The lowest BCUT2D eigenvalue weighted by atomic mass is 9.92. The van der Waals surface area contributed by atoms with Crippen LogP contribution in [0.15, 0.2) is 24.3 Å². The van der Waals surface area contributed by atoms with Gasteiger partial charge in [0.25, 0.3) is 5.69 Å². The van der Waals surface area contributed by atoms with E-state index in [1.807, 2.05) is 0 Å². The lowest BCUT2D eigenvalue weighted by Crippen LogP contribution is -2.38. The van der Waals surface area contributed by atoms with Crippen LogP contribution in [0.25, 0.3) is 0 Å². The van der Waals surface area contributed by atoms with Crippen molar-refractivity contribution < 1.29 is 4.92 Å². The van der Waals surface area contributed by atoms with Gasteiger partial charge in [-0.05, 0) is 50.9 Å². The first kappa shape index (κ1) is 12.8. The quantitative estimate of drug-likeness (QED) is 0.635. The fourth-order valence-corrected chi connectivity index (χ4v) is 2.37. The highest BCUT2D eigenvalue weighted by Crippen LogP contribution is 2.20. The Labute approximate surface area is 107 Å². The molecule has 0 saturated carbocycles. The summed E-state index contributed by atoms with van der Waals surface area (Å²) in [6, 6.07) is 6.98. The van der Waals surface area contributed by atoms with Crippen LogP contribution < -0.4 is 10.6 Å². The molecule has 0 radical (unpaired) electrons. The van der Waals surface area contributed by atoms with Gasteiger partial charge in [-0.1, -0.05) is 0 Å². The molecule has 0 aromatic heterocycles. The van der Waals surface area contributed by atoms with Crippen molar-refractivity contribution in [1.29, 1.82) is 0 Å². The highest BCUT2D eigenvalue weighted by atomic mass is 16.6. The van der Waals surface area contributed by atoms with Gasteiger partial charge >= 0.3 is 0 Å². The van der Waals surface area contributed by atoms with Gasteiger partial charge in [-0.15, -0.1) is 0 Å². The molecule has 5 nitrogen and oxygen atoms in total. The number of nitrogens with zero attached hydrogens (tertiary/aromatic N) is 1. The number of hydrogen-bond donors (Lipinski definition) is 2. The molecule has 98 valence electrons.